The van der Waals surface area contributed by atoms with Crippen molar-refractivity contribution in [3.8, 4) is 0 Å². The van der Waals surface area contributed by atoms with Gasteiger partial charge in [-0.05, 0) is 18.3 Å². The van der Waals surface area contributed by atoms with Crippen LogP contribution in [0.5, 0.6) is 0 Å². The molecule has 2 fully saturated rings. The summed E-state index contributed by atoms with van der Waals surface area (Å²) >= 11 is 0. The molecule has 4 unspecified atom stereocenters. The predicted octanol–water partition coefficient (Wildman–Crippen LogP) is -0.128. The Hall–Kier alpha value is -1.65. The number of allylic oxidation sites excluding steroid dienone is 2. The van der Waals surface area contributed by atoms with Crippen LogP contribution in [-0.4, -0.2) is 22.7 Å². The molecule has 0 aromatic rings. The molecule has 5 heteroatoms. The fraction of sp³-hybridized carbons (Fsp3) is 0.500. The highest BCUT2D eigenvalue weighted by atomic mass is 16.2. The Kier molecular flexibility index (Phi) is 1.43. The number of amides is 4. The summed E-state index contributed by atoms with van der Waals surface area (Å²) in [4.78, 5) is 35.2. The first-order valence-corrected chi connectivity index (χ1v) is 4.97. The van der Waals surface area contributed by atoms with Crippen molar-refractivity contribution in [2.24, 2.45) is 29.4 Å². The van der Waals surface area contributed by atoms with Crippen molar-refractivity contribution in [2.75, 3.05) is 0 Å². The monoisotopic (exact) mass is 206 g/mol. The molecule has 4 atom stereocenters. The predicted molar refractivity (Wildman–Crippen MR) is 49.2 cm³/mol. The normalized spacial score (nSPS) is 41.5. The fourth-order valence-corrected chi connectivity index (χ4v) is 3.12. The lowest BCUT2D eigenvalue weighted by atomic mass is 9.85. The highest BCUT2D eigenvalue weighted by Gasteiger charge is 2.60. The minimum Gasteiger partial charge on any atom is -0.351 e. The lowest BCUT2D eigenvalue weighted by Gasteiger charge is -2.14. The summed E-state index contributed by atoms with van der Waals surface area (Å²) in [5.41, 5.74) is 5.02. The van der Waals surface area contributed by atoms with Crippen LogP contribution < -0.4 is 5.73 Å². The van der Waals surface area contributed by atoms with Gasteiger partial charge in [0.1, 0.15) is 0 Å². The molecule has 3 aliphatic rings. The van der Waals surface area contributed by atoms with Gasteiger partial charge in [0.2, 0.25) is 11.8 Å². The van der Waals surface area contributed by atoms with Gasteiger partial charge in [0.25, 0.3) is 0 Å². The lowest BCUT2D eigenvalue weighted by molar-refractivity contribution is -0.136. The van der Waals surface area contributed by atoms with E-state index in [2.05, 4.69) is 0 Å². The molecular weight excluding hydrogens is 196 g/mol. The van der Waals surface area contributed by atoms with Crippen LogP contribution in [0.15, 0.2) is 12.2 Å². The second-order valence-corrected chi connectivity index (χ2v) is 4.35. The third kappa shape index (κ3) is 0.854. The number of likely N-dealkylation sites (tertiary alicyclic amines) is 1. The van der Waals surface area contributed by atoms with Gasteiger partial charge in [-0.2, -0.15) is 4.90 Å². The second-order valence-electron chi connectivity index (χ2n) is 4.35. The highest BCUT2D eigenvalue weighted by Crippen LogP contribution is 2.52. The Morgan fingerprint density at radius 2 is 1.67 bits per heavy atom. The Bertz CT molecular complexity index is 385. The summed E-state index contributed by atoms with van der Waals surface area (Å²) in [6, 6.07) is -0.946. The maximum atomic E-state index is 11.8. The first kappa shape index (κ1) is 8.64. The Labute approximate surface area is 85.9 Å². The van der Waals surface area contributed by atoms with Crippen LogP contribution in [0.1, 0.15) is 6.42 Å². The Morgan fingerprint density at radius 1 is 1.20 bits per heavy atom. The van der Waals surface area contributed by atoms with Gasteiger partial charge in [-0.1, -0.05) is 12.2 Å². The molecule has 15 heavy (non-hydrogen) atoms. The standard InChI is InChI=1S/C10H10N2O3/c11-10(15)12-8(13)6-4-1-2-5(3-4)7(6)9(12)14/h1-2,4-7H,3H2,(H2,11,15). The molecule has 0 spiro atoms. The quantitative estimate of drug-likeness (QED) is 0.443. The number of hydrogen-bond donors (Lipinski definition) is 1. The minimum absolute atomic E-state index is 0.126. The van der Waals surface area contributed by atoms with Crippen molar-refractivity contribution in [3.05, 3.63) is 12.2 Å². The molecule has 1 saturated heterocycles. The molecule has 4 amide bonds. The number of carbonyl (C=O) groups is 3. The van der Waals surface area contributed by atoms with E-state index in [1.165, 1.54) is 0 Å². The van der Waals surface area contributed by atoms with Crippen molar-refractivity contribution >= 4 is 17.8 Å². The van der Waals surface area contributed by atoms with Gasteiger partial charge in [-0.25, -0.2) is 4.79 Å². The van der Waals surface area contributed by atoms with Crippen LogP contribution in [0.25, 0.3) is 0 Å². The molecule has 2 N–H and O–H groups in total. The van der Waals surface area contributed by atoms with Crippen LogP contribution in [0.2, 0.25) is 0 Å². The van der Waals surface area contributed by atoms with E-state index in [1.807, 2.05) is 12.2 Å². The van der Waals surface area contributed by atoms with Crippen molar-refractivity contribution in [3.63, 3.8) is 0 Å². The minimum atomic E-state index is -0.946. The summed E-state index contributed by atoms with van der Waals surface area (Å²) in [6.07, 6.45) is 4.81. The first-order valence-electron chi connectivity index (χ1n) is 4.97. The van der Waals surface area contributed by atoms with E-state index in [4.69, 9.17) is 5.73 Å². The van der Waals surface area contributed by atoms with Gasteiger partial charge in [0.05, 0.1) is 11.8 Å². The summed E-state index contributed by atoms with van der Waals surface area (Å²) < 4.78 is 0. The zero-order valence-corrected chi connectivity index (χ0v) is 7.92. The van der Waals surface area contributed by atoms with E-state index < -0.39 is 17.8 Å². The second kappa shape index (κ2) is 2.48. The summed E-state index contributed by atoms with van der Waals surface area (Å²) in [6.45, 7) is 0. The number of imide groups is 3. The SMILES string of the molecule is NC(=O)N1C(=O)C2C3C=CC(C3)C2C1=O. The summed E-state index contributed by atoms with van der Waals surface area (Å²) in [7, 11) is 0. The molecule has 1 aliphatic heterocycles. The first-order chi connectivity index (χ1) is 7.11. The van der Waals surface area contributed by atoms with Crippen LogP contribution in [-0.2, 0) is 9.59 Å². The van der Waals surface area contributed by atoms with Crippen LogP contribution >= 0.6 is 0 Å². The molecule has 2 aliphatic carbocycles. The number of primary amides is 1. The van der Waals surface area contributed by atoms with Crippen molar-refractivity contribution in [1.82, 2.24) is 4.90 Å². The zero-order valence-electron chi connectivity index (χ0n) is 7.92. The lowest BCUT2D eigenvalue weighted by Crippen LogP contribution is -2.41. The van der Waals surface area contributed by atoms with E-state index in [9.17, 15) is 14.4 Å². The number of rotatable bonds is 0. The molecule has 5 nitrogen and oxygen atoms in total. The number of nitrogens with two attached hydrogens (primary N) is 1. The zero-order chi connectivity index (χ0) is 10.7. The van der Waals surface area contributed by atoms with Crippen LogP contribution in [0.3, 0.4) is 0 Å². The Balaban J connectivity index is 2.03. The van der Waals surface area contributed by atoms with Gasteiger partial charge in [0, 0.05) is 0 Å². The van der Waals surface area contributed by atoms with Gasteiger partial charge >= 0.3 is 6.03 Å². The van der Waals surface area contributed by atoms with Gasteiger partial charge in [0.15, 0.2) is 0 Å². The van der Waals surface area contributed by atoms with Crippen molar-refractivity contribution in [2.45, 2.75) is 6.42 Å². The molecule has 0 aromatic carbocycles. The number of carbonyl (C=O) groups excluding carboxylic acids is 3. The Morgan fingerprint density at radius 3 is 2.07 bits per heavy atom. The molecule has 2 bridgehead atoms. The summed E-state index contributed by atoms with van der Waals surface area (Å²) in [5, 5.41) is 0. The fourth-order valence-electron chi connectivity index (χ4n) is 3.12. The smallest absolute Gasteiger partial charge is 0.328 e. The van der Waals surface area contributed by atoms with Crippen molar-refractivity contribution < 1.29 is 14.4 Å². The highest BCUT2D eigenvalue weighted by molar-refractivity contribution is 6.17. The van der Waals surface area contributed by atoms with Crippen LogP contribution in [0.4, 0.5) is 4.79 Å². The molecular formula is C10H10N2O3. The third-order valence-corrected chi connectivity index (χ3v) is 3.69. The summed E-state index contributed by atoms with van der Waals surface area (Å²) in [5.74, 6) is -1.23. The van der Waals surface area contributed by atoms with E-state index in [-0.39, 0.29) is 23.7 Å². The van der Waals surface area contributed by atoms with Gasteiger partial charge in [-0.3, -0.25) is 9.59 Å². The van der Waals surface area contributed by atoms with E-state index in [0.29, 0.717) is 4.90 Å². The van der Waals surface area contributed by atoms with E-state index in [1.54, 1.807) is 0 Å². The number of fused-ring (bicyclic) bond motifs is 5. The maximum Gasteiger partial charge on any atom is 0.328 e. The maximum absolute atomic E-state index is 11.8. The van der Waals surface area contributed by atoms with E-state index >= 15 is 0 Å². The number of hydrogen-bond acceptors (Lipinski definition) is 3. The molecule has 0 radical (unpaired) electrons. The molecule has 1 heterocycles. The molecule has 1 saturated carbocycles. The van der Waals surface area contributed by atoms with Gasteiger partial charge in [-0.15, -0.1) is 0 Å². The largest absolute Gasteiger partial charge is 0.351 e. The average Bonchev–Trinajstić information content (AvgIpc) is 2.79. The molecule has 0 aromatic heterocycles. The molecule has 78 valence electrons. The topological polar surface area (TPSA) is 80.5 Å². The molecule has 3 rings (SSSR count). The number of urea groups is 1. The average molecular weight is 206 g/mol. The van der Waals surface area contributed by atoms with Gasteiger partial charge < -0.3 is 5.73 Å². The third-order valence-electron chi connectivity index (χ3n) is 3.69. The number of nitrogens with zero attached hydrogens (tertiary/aromatic N) is 1. The van der Waals surface area contributed by atoms with Crippen LogP contribution in [0, 0.1) is 23.7 Å². The van der Waals surface area contributed by atoms with E-state index in [0.717, 1.165) is 6.42 Å². The van der Waals surface area contributed by atoms with Crippen molar-refractivity contribution in [1.29, 1.82) is 0 Å².